The summed E-state index contributed by atoms with van der Waals surface area (Å²) < 4.78 is 13.8. The van der Waals surface area contributed by atoms with E-state index in [-0.39, 0.29) is 11.4 Å². The van der Waals surface area contributed by atoms with E-state index < -0.39 is 0 Å². The predicted molar refractivity (Wildman–Crippen MR) is 102 cm³/mol. The third-order valence-electron chi connectivity index (χ3n) is 3.59. The number of rotatable bonds is 5. The summed E-state index contributed by atoms with van der Waals surface area (Å²) in [6.45, 7) is 6.46. The van der Waals surface area contributed by atoms with Gasteiger partial charge >= 0.3 is 0 Å². The number of benzene rings is 1. The second-order valence-electron chi connectivity index (χ2n) is 7.02. The maximum atomic E-state index is 13.8. The van der Waals surface area contributed by atoms with Gasteiger partial charge in [0.25, 0.3) is 0 Å². The van der Waals surface area contributed by atoms with Crippen LogP contribution in [0.1, 0.15) is 26.3 Å². The number of pyridine rings is 1. The van der Waals surface area contributed by atoms with Crippen molar-refractivity contribution in [1.82, 2.24) is 15.0 Å². The fraction of sp³-hybridized carbons (Fsp3) is 0.250. The van der Waals surface area contributed by atoms with Crippen LogP contribution in [-0.2, 0) is 6.54 Å². The minimum atomic E-state index is -0.241. The van der Waals surface area contributed by atoms with Crippen LogP contribution in [0.4, 0.5) is 16.2 Å². The molecule has 0 saturated heterocycles. The van der Waals surface area contributed by atoms with Gasteiger partial charge in [0, 0.05) is 41.7 Å². The lowest BCUT2D eigenvalue weighted by molar-refractivity contribution is 0.613. The summed E-state index contributed by atoms with van der Waals surface area (Å²) in [4.78, 5) is 13.2. The van der Waals surface area contributed by atoms with Crippen molar-refractivity contribution in [2.45, 2.75) is 32.9 Å². The smallest absolute Gasteiger partial charge is 0.225 e. The Morgan fingerprint density at radius 2 is 1.85 bits per heavy atom. The van der Waals surface area contributed by atoms with Crippen LogP contribution in [0.15, 0.2) is 54.9 Å². The number of halogens is 1. The number of nitrogens with zero attached hydrogens (tertiary/aromatic N) is 3. The zero-order chi connectivity index (χ0) is 18.6. The van der Waals surface area contributed by atoms with Gasteiger partial charge in [-0.05, 0) is 39.0 Å². The number of nitrogens with one attached hydrogen (secondary N) is 2. The minimum Gasteiger partial charge on any atom is -0.366 e. The summed E-state index contributed by atoms with van der Waals surface area (Å²) in [5, 5.41) is 6.47. The first-order valence-electron chi connectivity index (χ1n) is 8.46. The van der Waals surface area contributed by atoms with Crippen LogP contribution in [0.25, 0.3) is 11.3 Å². The molecule has 3 aromatic rings. The third kappa shape index (κ3) is 4.75. The third-order valence-corrected chi connectivity index (χ3v) is 3.59. The van der Waals surface area contributed by atoms with E-state index >= 15 is 0 Å². The molecular formula is C20H22FN5. The Hall–Kier alpha value is -3.02. The van der Waals surface area contributed by atoms with Crippen molar-refractivity contribution in [2.75, 3.05) is 10.6 Å². The lowest BCUT2D eigenvalue weighted by Gasteiger charge is -2.21. The highest BCUT2D eigenvalue weighted by Gasteiger charge is 2.14. The van der Waals surface area contributed by atoms with Crippen LogP contribution in [0.2, 0.25) is 0 Å². The second kappa shape index (κ2) is 7.47. The quantitative estimate of drug-likeness (QED) is 0.709. The average molecular weight is 351 g/mol. The van der Waals surface area contributed by atoms with Crippen molar-refractivity contribution in [2.24, 2.45) is 0 Å². The number of aromatic nitrogens is 3. The monoisotopic (exact) mass is 351 g/mol. The largest absolute Gasteiger partial charge is 0.366 e. The normalized spacial score (nSPS) is 11.2. The average Bonchev–Trinajstić information content (AvgIpc) is 2.60. The van der Waals surface area contributed by atoms with Gasteiger partial charge in [-0.15, -0.1) is 0 Å². The molecule has 6 heteroatoms. The molecule has 0 atom stereocenters. The van der Waals surface area contributed by atoms with Crippen LogP contribution >= 0.6 is 0 Å². The Bertz CT molecular complexity index is 875. The molecule has 0 radical (unpaired) electrons. The molecule has 0 bridgehead atoms. The molecule has 2 N–H and O–H groups in total. The van der Waals surface area contributed by atoms with Crippen molar-refractivity contribution < 1.29 is 4.39 Å². The van der Waals surface area contributed by atoms with Gasteiger partial charge in [-0.1, -0.05) is 18.2 Å². The first-order valence-corrected chi connectivity index (χ1v) is 8.46. The van der Waals surface area contributed by atoms with Gasteiger partial charge in [0.15, 0.2) is 0 Å². The van der Waals surface area contributed by atoms with E-state index in [0.29, 0.717) is 23.9 Å². The van der Waals surface area contributed by atoms with Crippen molar-refractivity contribution in [3.8, 4) is 11.3 Å². The molecule has 0 aliphatic carbocycles. The lowest BCUT2D eigenvalue weighted by atomic mass is 10.1. The molecule has 0 aliphatic rings. The van der Waals surface area contributed by atoms with Crippen LogP contribution in [0.3, 0.4) is 0 Å². The molecule has 0 amide bonds. The van der Waals surface area contributed by atoms with E-state index in [4.69, 9.17) is 0 Å². The molecule has 134 valence electrons. The van der Waals surface area contributed by atoms with Crippen LogP contribution in [0, 0.1) is 5.82 Å². The van der Waals surface area contributed by atoms with Gasteiger partial charge in [-0.3, -0.25) is 4.98 Å². The van der Waals surface area contributed by atoms with E-state index in [0.717, 1.165) is 11.3 Å². The molecule has 26 heavy (non-hydrogen) atoms. The summed E-state index contributed by atoms with van der Waals surface area (Å²) in [6, 6.07) is 12.3. The Morgan fingerprint density at radius 1 is 1.04 bits per heavy atom. The van der Waals surface area contributed by atoms with Gasteiger partial charge in [-0.2, -0.15) is 4.98 Å². The van der Waals surface area contributed by atoms with E-state index in [9.17, 15) is 4.39 Å². The standard InChI is InChI=1S/C20H22FN5/c1-20(2,3)26-19-24-17(15-8-6-10-22-12-15)11-18(25-19)23-13-14-7-4-5-9-16(14)21/h4-12H,13H2,1-3H3,(H2,23,24,25,26). The molecule has 5 nitrogen and oxygen atoms in total. The van der Waals surface area contributed by atoms with Crippen molar-refractivity contribution in [1.29, 1.82) is 0 Å². The van der Waals surface area contributed by atoms with Crippen LogP contribution in [0.5, 0.6) is 0 Å². The molecule has 0 aliphatic heterocycles. The minimum absolute atomic E-state index is 0.184. The Labute approximate surface area is 152 Å². The Kier molecular flexibility index (Phi) is 5.11. The molecule has 0 saturated carbocycles. The zero-order valence-electron chi connectivity index (χ0n) is 15.1. The fourth-order valence-corrected chi connectivity index (χ4v) is 2.42. The Morgan fingerprint density at radius 3 is 2.54 bits per heavy atom. The van der Waals surface area contributed by atoms with Crippen molar-refractivity contribution >= 4 is 11.8 Å². The molecule has 0 spiro atoms. The first-order chi connectivity index (χ1) is 12.4. The SMILES string of the molecule is CC(C)(C)Nc1nc(NCc2ccccc2F)cc(-c2cccnc2)n1. The number of anilines is 2. The van der Waals surface area contributed by atoms with E-state index in [1.165, 1.54) is 6.07 Å². The Balaban J connectivity index is 1.90. The second-order valence-corrected chi connectivity index (χ2v) is 7.02. The van der Waals surface area contributed by atoms with Gasteiger partial charge in [0.05, 0.1) is 5.69 Å². The molecule has 2 aromatic heterocycles. The summed E-state index contributed by atoms with van der Waals surface area (Å²) >= 11 is 0. The lowest BCUT2D eigenvalue weighted by Crippen LogP contribution is -2.27. The maximum absolute atomic E-state index is 13.8. The van der Waals surface area contributed by atoms with Crippen LogP contribution < -0.4 is 10.6 Å². The predicted octanol–water partition coefficient (Wildman–Crippen LogP) is 4.50. The summed E-state index contributed by atoms with van der Waals surface area (Å²) in [7, 11) is 0. The van der Waals surface area contributed by atoms with Crippen molar-refractivity contribution in [3.05, 3.63) is 66.2 Å². The van der Waals surface area contributed by atoms with Crippen LogP contribution in [-0.4, -0.2) is 20.5 Å². The number of hydrogen-bond donors (Lipinski definition) is 2. The van der Waals surface area contributed by atoms with E-state index in [1.807, 2.05) is 45.0 Å². The number of hydrogen-bond acceptors (Lipinski definition) is 5. The molecule has 2 heterocycles. The molecule has 1 aromatic carbocycles. The molecule has 0 unspecified atom stereocenters. The van der Waals surface area contributed by atoms with Crippen molar-refractivity contribution in [3.63, 3.8) is 0 Å². The summed E-state index contributed by atoms with van der Waals surface area (Å²) in [6.07, 6.45) is 3.47. The van der Waals surface area contributed by atoms with Gasteiger partial charge in [-0.25, -0.2) is 9.37 Å². The summed E-state index contributed by atoms with van der Waals surface area (Å²) in [5.41, 5.74) is 2.03. The maximum Gasteiger partial charge on any atom is 0.225 e. The zero-order valence-corrected chi connectivity index (χ0v) is 15.1. The summed E-state index contributed by atoms with van der Waals surface area (Å²) in [5.74, 6) is 0.887. The van der Waals surface area contributed by atoms with E-state index in [2.05, 4.69) is 25.6 Å². The molecular weight excluding hydrogens is 329 g/mol. The highest BCUT2D eigenvalue weighted by molar-refractivity contribution is 5.63. The highest BCUT2D eigenvalue weighted by Crippen LogP contribution is 2.22. The van der Waals surface area contributed by atoms with Gasteiger partial charge < -0.3 is 10.6 Å². The van der Waals surface area contributed by atoms with Gasteiger partial charge in [0.2, 0.25) is 5.95 Å². The molecule has 0 fully saturated rings. The fourth-order valence-electron chi connectivity index (χ4n) is 2.42. The molecule has 3 rings (SSSR count). The topological polar surface area (TPSA) is 62.7 Å². The van der Waals surface area contributed by atoms with Gasteiger partial charge in [0.1, 0.15) is 11.6 Å². The van der Waals surface area contributed by atoms with E-state index in [1.54, 1.807) is 24.5 Å². The first kappa shape index (κ1) is 17.8. The highest BCUT2D eigenvalue weighted by atomic mass is 19.1.